The van der Waals surface area contributed by atoms with Gasteiger partial charge >= 0.3 is 0 Å². The summed E-state index contributed by atoms with van der Waals surface area (Å²) in [6, 6.07) is 11.9. The van der Waals surface area contributed by atoms with Crippen LogP contribution in [0.3, 0.4) is 0 Å². The van der Waals surface area contributed by atoms with Crippen molar-refractivity contribution >= 4 is 23.3 Å². The summed E-state index contributed by atoms with van der Waals surface area (Å²) < 4.78 is 7.29. The molecule has 2 rings (SSSR count). The average Bonchev–Trinajstić information content (AvgIpc) is 2.78. The van der Waals surface area contributed by atoms with Crippen molar-refractivity contribution in [2.24, 2.45) is 5.73 Å². The molecule has 22 heavy (non-hydrogen) atoms. The molecule has 0 amide bonds. The van der Waals surface area contributed by atoms with E-state index in [4.69, 9.17) is 28.0 Å². The summed E-state index contributed by atoms with van der Waals surface area (Å²) in [5.74, 6) is 0.812. The number of benzene rings is 1. The van der Waals surface area contributed by atoms with Crippen LogP contribution in [0.5, 0.6) is 5.75 Å². The topological polar surface area (TPSA) is 64.0 Å². The molecule has 0 saturated heterocycles. The third-order valence-corrected chi connectivity index (χ3v) is 3.71. The number of thiocarbonyl (C=S) groups is 1. The van der Waals surface area contributed by atoms with E-state index in [1.165, 1.54) is 0 Å². The number of aryl methyl sites for hydroxylation is 1. The molecule has 0 aliphatic heterocycles. The van der Waals surface area contributed by atoms with Gasteiger partial charge in [-0.3, -0.25) is 0 Å². The van der Waals surface area contributed by atoms with Gasteiger partial charge in [0.25, 0.3) is 0 Å². The van der Waals surface area contributed by atoms with Crippen LogP contribution in [0.15, 0.2) is 35.9 Å². The van der Waals surface area contributed by atoms with Crippen LogP contribution in [-0.2, 0) is 0 Å². The van der Waals surface area contributed by atoms with Crippen molar-refractivity contribution in [3.63, 3.8) is 0 Å². The van der Waals surface area contributed by atoms with E-state index in [1.807, 2.05) is 50.2 Å². The standard InChI is InChI=1S/C17H17N3OS/c1-11-8-13(9-14(10-18)17(19)22)12(2)20(11)15-4-6-16(21-3)7-5-15/h4-9H,1-3H3,(H2,19,22). The number of methoxy groups -OCH3 is 1. The van der Waals surface area contributed by atoms with Gasteiger partial charge in [-0.05, 0) is 55.8 Å². The van der Waals surface area contributed by atoms with Crippen LogP contribution in [0.4, 0.5) is 0 Å². The van der Waals surface area contributed by atoms with Gasteiger partial charge in [-0.2, -0.15) is 5.26 Å². The third kappa shape index (κ3) is 3.02. The summed E-state index contributed by atoms with van der Waals surface area (Å²) in [6.07, 6.45) is 1.73. The first kappa shape index (κ1) is 15.8. The third-order valence-electron chi connectivity index (χ3n) is 3.49. The van der Waals surface area contributed by atoms with Crippen molar-refractivity contribution in [3.8, 4) is 17.5 Å². The summed E-state index contributed by atoms with van der Waals surface area (Å²) >= 11 is 4.89. The SMILES string of the molecule is COc1ccc(-n2c(C)cc(C=C(C#N)C(N)=S)c2C)cc1. The minimum absolute atomic E-state index is 0.108. The molecule has 2 N–H and O–H groups in total. The average molecular weight is 311 g/mol. The molecule has 0 bridgehead atoms. The number of nitriles is 1. The van der Waals surface area contributed by atoms with E-state index < -0.39 is 0 Å². The molecule has 4 nitrogen and oxygen atoms in total. The molecule has 5 heteroatoms. The minimum Gasteiger partial charge on any atom is -0.497 e. The molecular formula is C17H17N3OS. The predicted molar refractivity (Wildman–Crippen MR) is 92.2 cm³/mol. The molecule has 0 atom stereocenters. The van der Waals surface area contributed by atoms with Crippen molar-refractivity contribution in [1.82, 2.24) is 4.57 Å². The Kier molecular flexibility index (Phi) is 4.64. The van der Waals surface area contributed by atoms with Crippen molar-refractivity contribution < 1.29 is 4.74 Å². The Morgan fingerprint density at radius 1 is 1.32 bits per heavy atom. The van der Waals surface area contributed by atoms with Crippen LogP contribution in [0.25, 0.3) is 11.8 Å². The zero-order chi connectivity index (χ0) is 16.3. The fraction of sp³-hybridized carbons (Fsp3) is 0.176. The number of nitrogens with two attached hydrogens (primary N) is 1. The number of aromatic nitrogens is 1. The number of nitrogens with zero attached hydrogens (tertiary/aromatic N) is 2. The second kappa shape index (κ2) is 6.46. The summed E-state index contributed by atoms with van der Waals surface area (Å²) in [5.41, 5.74) is 9.91. The van der Waals surface area contributed by atoms with Gasteiger partial charge in [0.05, 0.1) is 12.7 Å². The highest BCUT2D eigenvalue weighted by Crippen LogP contribution is 2.24. The molecular weight excluding hydrogens is 294 g/mol. The van der Waals surface area contributed by atoms with Gasteiger partial charge in [0, 0.05) is 17.1 Å². The maximum absolute atomic E-state index is 9.09. The number of rotatable bonds is 4. The van der Waals surface area contributed by atoms with Crippen LogP contribution in [0.2, 0.25) is 0 Å². The van der Waals surface area contributed by atoms with Crippen molar-refractivity contribution in [2.45, 2.75) is 13.8 Å². The molecule has 0 spiro atoms. The normalized spacial score (nSPS) is 11.1. The van der Waals surface area contributed by atoms with E-state index in [9.17, 15) is 0 Å². The largest absolute Gasteiger partial charge is 0.497 e. The summed E-state index contributed by atoms with van der Waals surface area (Å²) in [6.45, 7) is 4.01. The Bertz CT molecular complexity index is 779. The maximum atomic E-state index is 9.09. The molecule has 1 aromatic heterocycles. The number of ether oxygens (including phenoxy) is 1. The fourth-order valence-corrected chi connectivity index (χ4v) is 2.48. The smallest absolute Gasteiger partial charge is 0.119 e. The molecule has 0 saturated carbocycles. The van der Waals surface area contributed by atoms with Crippen molar-refractivity contribution in [2.75, 3.05) is 7.11 Å². The number of hydrogen-bond donors (Lipinski definition) is 1. The van der Waals surface area contributed by atoms with Crippen molar-refractivity contribution in [1.29, 1.82) is 5.26 Å². The van der Waals surface area contributed by atoms with Crippen LogP contribution in [0.1, 0.15) is 17.0 Å². The second-order valence-corrected chi connectivity index (χ2v) is 5.33. The van der Waals surface area contributed by atoms with Crippen LogP contribution in [0, 0.1) is 25.2 Å². The van der Waals surface area contributed by atoms with E-state index in [1.54, 1.807) is 13.2 Å². The summed E-state index contributed by atoms with van der Waals surface area (Å²) in [5, 5.41) is 9.09. The first-order valence-corrected chi connectivity index (χ1v) is 7.13. The Hall–Kier alpha value is -2.58. The molecule has 1 aromatic carbocycles. The molecule has 0 fully saturated rings. The molecule has 0 unspecified atom stereocenters. The monoisotopic (exact) mass is 311 g/mol. The Balaban J connectivity index is 2.51. The van der Waals surface area contributed by atoms with Gasteiger partial charge in [-0.1, -0.05) is 12.2 Å². The van der Waals surface area contributed by atoms with Gasteiger partial charge in [0.2, 0.25) is 0 Å². The lowest BCUT2D eigenvalue weighted by Crippen LogP contribution is -2.09. The van der Waals surface area contributed by atoms with Gasteiger partial charge in [-0.25, -0.2) is 0 Å². The Morgan fingerprint density at radius 3 is 2.45 bits per heavy atom. The molecule has 0 aliphatic rings. The highest BCUT2D eigenvalue weighted by Gasteiger charge is 2.11. The van der Waals surface area contributed by atoms with E-state index in [0.29, 0.717) is 5.57 Å². The molecule has 1 heterocycles. The zero-order valence-electron chi connectivity index (χ0n) is 12.8. The molecule has 2 aromatic rings. The van der Waals surface area contributed by atoms with Crippen LogP contribution in [-0.4, -0.2) is 16.7 Å². The summed E-state index contributed by atoms with van der Waals surface area (Å²) in [7, 11) is 1.64. The highest BCUT2D eigenvalue weighted by molar-refractivity contribution is 7.80. The second-order valence-electron chi connectivity index (χ2n) is 4.89. The fourth-order valence-electron chi connectivity index (χ4n) is 2.38. The Morgan fingerprint density at radius 2 is 1.95 bits per heavy atom. The predicted octanol–water partition coefficient (Wildman–Crippen LogP) is 3.30. The summed E-state index contributed by atoms with van der Waals surface area (Å²) in [4.78, 5) is 0.108. The molecule has 0 radical (unpaired) electrons. The van der Waals surface area contributed by atoms with Gasteiger partial charge in [-0.15, -0.1) is 0 Å². The number of hydrogen-bond acceptors (Lipinski definition) is 3. The highest BCUT2D eigenvalue weighted by atomic mass is 32.1. The Labute approximate surface area is 135 Å². The lowest BCUT2D eigenvalue weighted by atomic mass is 10.1. The lowest BCUT2D eigenvalue weighted by Gasteiger charge is -2.10. The van der Waals surface area contributed by atoms with Gasteiger partial charge < -0.3 is 15.0 Å². The van der Waals surface area contributed by atoms with E-state index >= 15 is 0 Å². The first-order chi connectivity index (χ1) is 10.5. The minimum atomic E-state index is 0.108. The van der Waals surface area contributed by atoms with Crippen LogP contribution >= 0.6 is 12.2 Å². The van der Waals surface area contributed by atoms with Crippen molar-refractivity contribution in [3.05, 3.63) is 52.9 Å². The lowest BCUT2D eigenvalue weighted by molar-refractivity contribution is 0.414. The van der Waals surface area contributed by atoms with Gasteiger partial charge in [0.15, 0.2) is 0 Å². The zero-order valence-corrected chi connectivity index (χ0v) is 13.6. The molecule has 0 aliphatic carbocycles. The maximum Gasteiger partial charge on any atom is 0.119 e. The quantitative estimate of drug-likeness (QED) is 0.534. The van der Waals surface area contributed by atoms with Gasteiger partial charge in [0.1, 0.15) is 16.8 Å². The van der Waals surface area contributed by atoms with Crippen LogP contribution < -0.4 is 10.5 Å². The first-order valence-electron chi connectivity index (χ1n) is 6.73. The van der Waals surface area contributed by atoms with E-state index in [-0.39, 0.29) is 4.99 Å². The van der Waals surface area contributed by atoms with E-state index in [2.05, 4.69) is 4.57 Å². The van der Waals surface area contributed by atoms with E-state index in [0.717, 1.165) is 28.4 Å². The molecule has 112 valence electrons.